The lowest BCUT2D eigenvalue weighted by atomic mass is 10.2. The Hall–Kier alpha value is -2.30. The number of hydrogen-bond acceptors (Lipinski definition) is 3. The normalized spacial score (nSPS) is 10.6. The average molecular weight is 274 g/mol. The highest BCUT2D eigenvalue weighted by Gasteiger charge is 2.16. The van der Waals surface area contributed by atoms with Crippen molar-refractivity contribution < 1.29 is 9.53 Å². The molecule has 1 aromatic heterocycles. The van der Waals surface area contributed by atoms with Gasteiger partial charge in [-0.25, -0.2) is 4.68 Å². The maximum Gasteiger partial charge on any atom is 0.310 e. The van der Waals surface area contributed by atoms with Crippen LogP contribution in [0.1, 0.15) is 23.7 Å². The molecular formula is C15H18N2O3. The van der Waals surface area contributed by atoms with Crippen LogP contribution < -0.4 is 5.56 Å². The maximum absolute atomic E-state index is 12.4. The Morgan fingerprint density at radius 2 is 2.00 bits per heavy atom. The zero-order chi connectivity index (χ0) is 14.7. The van der Waals surface area contributed by atoms with Gasteiger partial charge in [0.2, 0.25) is 0 Å². The summed E-state index contributed by atoms with van der Waals surface area (Å²) in [5.74, 6) is -0.386. The predicted molar refractivity (Wildman–Crippen MR) is 76.2 cm³/mol. The number of nitrogens with one attached hydrogen (secondary N) is 1. The number of aromatic nitrogens is 2. The smallest absolute Gasteiger partial charge is 0.310 e. The Morgan fingerprint density at radius 1 is 1.30 bits per heavy atom. The number of hydrogen-bond donors (Lipinski definition) is 1. The van der Waals surface area contributed by atoms with Gasteiger partial charge in [-0.05, 0) is 32.4 Å². The predicted octanol–water partition coefficient (Wildman–Crippen LogP) is 1.89. The molecule has 1 aromatic carbocycles. The summed E-state index contributed by atoms with van der Waals surface area (Å²) >= 11 is 0. The van der Waals surface area contributed by atoms with Crippen LogP contribution in [0.4, 0.5) is 0 Å². The van der Waals surface area contributed by atoms with Crippen LogP contribution in [0, 0.1) is 13.8 Å². The van der Waals surface area contributed by atoms with Gasteiger partial charge in [0.1, 0.15) is 0 Å². The van der Waals surface area contributed by atoms with Gasteiger partial charge in [0.15, 0.2) is 0 Å². The number of esters is 1. The van der Waals surface area contributed by atoms with Gasteiger partial charge in [-0.15, -0.1) is 0 Å². The highest BCUT2D eigenvalue weighted by atomic mass is 16.5. The van der Waals surface area contributed by atoms with Crippen molar-refractivity contribution in [2.75, 3.05) is 6.61 Å². The van der Waals surface area contributed by atoms with Gasteiger partial charge in [0, 0.05) is 5.69 Å². The zero-order valence-corrected chi connectivity index (χ0v) is 11.9. The minimum atomic E-state index is -0.386. The third-order valence-electron chi connectivity index (χ3n) is 3.18. The first-order valence-electron chi connectivity index (χ1n) is 6.56. The van der Waals surface area contributed by atoms with Crippen LogP contribution in [0.3, 0.4) is 0 Å². The number of benzene rings is 1. The summed E-state index contributed by atoms with van der Waals surface area (Å²) in [4.78, 5) is 24.0. The van der Waals surface area contributed by atoms with Gasteiger partial charge in [-0.1, -0.05) is 18.2 Å². The van der Waals surface area contributed by atoms with E-state index in [1.54, 1.807) is 13.8 Å². The molecule has 1 N–H and O–H groups in total. The van der Waals surface area contributed by atoms with Crippen LogP contribution in [0.25, 0.3) is 5.69 Å². The molecule has 0 unspecified atom stereocenters. The van der Waals surface area contributed by atoms with Crippen molar-refractivity contribution in [2.45, 2.75) is 27.2 Å². The van der Waals surface area contributed by atoms with E-state index in [1.165, 1.54) is 4.68 Å². The number of para-hydroxylation sites is 1. The molecule has 0 saturated carbocycles. The molecule has 0 bridgehead atoms. The van der Waals surface area contributed by atoms with Crippen molar-refractivity contribution in [1.82, 2.24) is 9.78 Å². The maximum atomic E-state index is 12.4. The Morgan fingerprint density at radius 3 is 2.65 bits per heavy atom. The number of aromatic amines is 1. The molecule has 2 aromatic rings. The van der Waals surface area contributed by atoms with E-state index in [2.05, 4.69) is 5.10 Å². The number of carbonyl (C=O) groups excluding carboxylic acids is 1. The molecule has 1 heterocycles. The third-order valence-corrected chi connectivity index (χ3v) is 3.18. The monoisotopic (exact) mass is 274 g/mol. The van der Waals surface area contributed by atoms with E-state index >= 15 is 0 Å². The molecule has 0 aliphatic heterocycles. The standard InChI is InChI=1S/C15H18N2O3/c1-4-20-14(18)9-12-11(3)16-17(15(12)19)13-8-6-5-7-10(13)2/h5-8,16H,4,9H2,1-3H3. The number of carbonyl (C=O) groups is 1. The molecule has 0 saturated heterocycles. The number of aryl methyl sites for hydroxylation is 2. The molecule has 2 rings (SSSR count). The van der Waals surface area contributed by atoms with E-state index in [9.17, 15) is 9.59 Å². The number of H-pyrrole nitrogens is 1. The fraction of sp³-hybridized carbons (Fsp3) is 0.333. The van der Waals surface area contributed by atoms with Crippen molar-refractivity contribution in [3.8, 4) is 5.69 Å². The Labute approximate surface area is 117 Å². The average Bonchev–Trinajstić information content (AvgIpc) is 2.68. The fourth-order valence-electron chi connectivity index (χ4n) is 2.13. The molecule has 5 heteroatoms. The summed E-state index contributed by atoms with van der Waals surface area (Å²) < 4.78 is 6.36. The molecule has 5 nitrogen and oxygen atoms in total. The van der Waals surface area contributed by atoms with Crippen LogP contribution in [0.5, 0.6) is 0 Å². The molecule has 0 aliphatic rings. The largest absolute Gasteiger partial charge is 0.466 e. The summed E-state index contributed by atoms with van der Waals surface area (Å²) in [6, 6.07) is 7.58. The minimum Gasteiger partial charge on any atom is -0.466 e. The Kier molecular flexibility index (Phi) is 4.08. The first-order chi connectivity index (χ1) is 9.54. The Balaban J connectivity index is 2.42. The van der Waals surface area contributed by atoms with E-state index in [1.807, 2.05) is 31.2 Å². The summed E-state index contributed by atoms with van der Waals surface area (Å²) in [7, 11) is 0. The fourth-order valence-corrected chi connectivity index (χ4v) is 2.13. The van der Waals surface area contributed by atoms with Crippen LogP contribution in [0.15, 0.2) is 29.1 Å². The summed E-state index contributed by atoms with van der Waals surface area (Å²) in [6.45, 7) is 5.77. The first-order valence-corrected chi connectivity index (χ1v) is 6.56. The number of nitrogens with zero attached hydrogens (tertiary/aromatic N) is 1. The SMILES string of the molecule is CCOC(=O)Cc1c(C)[nH]n(-c2ccccc2C)c1=O. The molecule has 0 radical (unpaired) electrons. The van der Waals surface area contributed by atoms with E-state index in [0.29, 0.717) is 17.9 Å². The van der Waals surface area contributed by atoms with Crippen molar-refractivity contribution in [1.29, 1.82) is 0 Å². The molecule has 0 atom stereocenters. The van der Waals surface area contributed by atoms with Gasteiger partial charge in [-0.2, -0.15) is 0 Å². The lowest BCUT2D eigenvalue weighted by molar-refractivity contribution is -0.142. The van der Waals surface area contributed by atoms with Gasteiger partial charge in [0.05, 0.1) is 24.3 Å². The zero-order valence-electron chi connectivity index (χ0n) is 11.9. The second-order valence-corrected chi connectivity index (χ2v) is 4.62. The highest BCUT2D eigenvalue weighted by molar-refractivity contribution is 5.72. The molecule has 0 aliphatic carbocycles. The third kappa shape index (κ3) is 2.66. The topological polar surface area (TPSA) is 64.1 Å². The second-order valence-electron chi connectivity index (χ2n) is 4.62. The van der Waals surface area contributed by atoms with Gasteiger partial charge < -0.3 is 4.74 Å². The lowest BCUT2D eigenvalue weighted by Crippen LogP contribution is -2.20. The summed E-state index contributed by atoms with van der Waals surface area (Å²) in [5.41, 5.74) is 2.71. The molecule has 0 amide bonds. The molecule has 0 spiro atoms. The Bertz CT molecular complexity index is 683. The quantitative estimate of drug-likeness (QED) is 0.866. The minimum absolute atomic E-state index is 0.00606. The van der Waals surface area contributed by atoms with Crippen LogP contribution in [-0.4, -0.2) is 22.4 Å². The molecule has 0 fully saturated rings. The summed E-state index contributed by atoms with van der Waals surface area (Å²) in [5, 5.41) is 3.01. The number of ether oxygens (including phenoxy) is 1. The van der Waals surface area contributed by atoms with E-state index in [4.69, 9.17) is 4.74 Å². The van der Waals surface area contributed by atoms with E-state index in [-0.39, 0.29) is 17.9 Å². The van der Waals surface area contributed by atoms with E-state index in [0.717, 1.165) is 11.3 Å². The second kappa shape index (κ2) is 5.77. The van der Waals surface area contributed by atoms with E-state index < -0.39 is 0 Å². The number of rotatable bonds is 4. The molecule has 106 valence electrons. The van der Waals surface area contributed by atoms with Crippen LogP contribution >= 0.6 is 0 Å². The van der Waals surface area contributed by atoms with Crippen LogP contribution in [-0.2, 0) is 16.0 Å². The van der Waals surface area contributed by atoms with Crippen molar-refractivity contribution in [3.05, 3.63) is 51.4 Å². The van der Waals surface area contributed by atoms with Crippen molar-refractivity contribution >= 4 is 5.97 Å². The van der Waals surface area contributed by atoms with Gasteiger partial charge in [0.25, 0.3) is 5.56 Å². The summed E-state index contributed by atoms with van der Waals surface area (Å²) in [6.07, 6.45) is -0.00606. The van der Waals surface area contributed by atoms with Gasteiger partial charge >= 0.3 is 5.97 Å². The molecular weight excluding hydrogens is 256 g/mol. The van der Waals surface area contributed by atoms with Crippen molar-refractivity contribution in [3.63, 3.8) is 0 Å². The molecule has 20 heavy (non-hydrogen) atoms. The van der Waals surface area contributed by atoms with Gasteiger partial charge in [-0.3, -0.25) is 14.7 Å². The lowest BCUT2D eigenvalue weighted by Gasteiger charge is -2.04. The van der Waals surface area contributed by atoms with Crippen LogP contribution in [0.2, 0.25) is 0 Å². The first kappa shape index (κ1) is 14.1. The van der Waals surface area contributed by atoms with Crippen molar-refractivity contribution in [2.24, 2.45) is 0 Å². The highest BCUT2D eigenvalue weighted by Crippen LogP contribution is 2.12.